The van der Waals surface area contributed by atoms with Crippen LogP contribution in [0.1, 0.15) is 24.6 Å². The van der Waals surface area contributed by atoms with Crippen LogP contribution in [0.3, 0.4) is 0 Å². The van der Waals surface area contributed by atoms with Gasteiger partial charge in [-0.15, -0.1) is 0 Å². The minimum atomic E-state index is 0.0362. The molecule has 1 aromatic heterocycles. The molecule has 1 heterocycles. The van der Waals surface area contributed by atoms with Crippen LogP contribution in [0.4, 0.5) is 0 Å². The summed E-state index contributed by atoms with van der Waals surface area (Å²) in [4.78, 5) is 15.2. The monoisotopic (exact) mass is 239 g/mol. The molecule has 1 aliphatic carbocycles. The highest BCUT2D eigenvalue weighted by Crippen LogP contribution is 2.25. The molecule has 0 fully saturated rings. The number of hydrogen-bond acceptors (Lipinski definition) is 1. The minimum Gasteiger partial charge on any atom is -0.325 e. The second kappa shape index (κ2) is 4.45. The Balaban J connectivity index is 2.11. The number of pyridine rings is 1. The molecule has 0 radical (unpaired) electrons. The van der Waals surface area contributed by atoms with Crippen molar-refractivity contribution in [3.05, 3.63) is 58.0 Å². The SMILES string of the molecule is CC1CCc2cc(-c3ccccc3)c(=O)[nH]c2C1. The van der Waals surface area contributed by atoms with Gasteiger partial charge in [0.2, 0.25) is 0 Å². The Kier molecular flexibility index (Phi) is 2.78. The van der Waals surface area contributed by atoms with Gasteiger partial charge in [-0.3, -0.25) is 4.79 Å². The van der Waals surface area contributed by atoms with Crippen molar-refractivity contribution < 1.29 is 0 Å². The van der Waals surface area contributed by atoms with E-state index in [1.54, 1.807) is 0 Å². The number of hydrogen-bond donors (Lipinski definition) is 1. The topological polar surface area (TPSA) is 32.9 Å². The Morgan fingerprint density at radius 1 is 1.22 bits per heavy atom. The Morgan fingerprint density at radius 2 is 2.00 bits per heavy atom. The average Bonchev–Trinajstić information content (AvgIpc) is 2.39. The fourth-order valence-electron chi connectivity index (χ4n) is 2.70. The van der Waals surface area contributed by atoms with Crippen LogP contribution in [0.2, 0.25) is 0 Å². The smallest absolute Gasteiger partial charge is 0.256 e. The molecule has 0 amide bonds. The number of nitrogens with one attached hydrogen (secondary N) is 1. The highest BCUT2D eigenvalue weighted by atomic mass is 16.1. The van der Waals surface area contributed by atoms with Crippen molar-refractivity contribution in [2.24, 2.45) is 5.92 Å². The van der Waals surface area contributed by atoms with Crippen LogP contribution in [0, 0.1) is 5.92 Å². The van der Waals surface area contributed by atoms with E-state index in [1.165, 1.54) is 12.0 Å². The summed E-state index contributed by atoms with van der Waals surface area (Å²) in [6.45, 7) is 2.24. The summed E-state index contributed by atoms with van der Waals surface area (Å²) in [5, 5.41) is 0. The molecule has 2 aromatic rings. The van der Waals surface area contributed by atoms with Gasteiger partial charge in [0.15, 0.2) is 0 Å². The van der Waals surface area contributed by atoms with E-state index in [4.69, 9.17) is 0 Å². The fourth-order valence-corrected chi connectivity index (χ4v) is 2.70. The molecule has 3 rings (SSSR count). The fraction of sp³-hybridized carbons (Fsp3) is 0.312. The van der Waals surface area contributed by atoms with Crippen LogP contribution in [-0.2, 0) is 12.8 Å². The molecule has 1 aromatic carbocycles. The Hall–Kier alpha value is -1.83. The molecule has 0 aliphatic heterocycles. The van der Waals surface area contributed by atoms with Crippen LogP contribution < -0.4 is 5.56 Å². The zero-order valence-corrected chi connectivity index (χ0v) is 10.6. The van der Waals surface area contributed by atoms with E-state index in [0.29, 0.717) is 5.92 Å². The Bertz CT molecular complexity index is 613. The van der Waals surface area contributed by atoms with Gasteiger partial charge in [-0.05, 0) is 42.4 Å². The Labute approximate surface area is 107 Å². The molecule has 0 saturated heterocycles. The third kappa shape index (κ3) is 1.99. The molecule has 0 saturated carbocycles. The van der Waals surface area contributed by atoms with Gasteiger partial charge in [0.25, 0.3) is 5.56 Å². The van der Waals surface area contributed by atoms with Crippen LogP contribution >= 0.6 is 0 Å². The summed E-state index contributed by atoms with van der Waals surface area (Å²) in [6, 6.07) is 12.0. The highest BCUT2D eigenvalue weighted by molar-refractivity contribution is 5.63. The van der Waals surface area contributed by atoms with E-state index >= 15 is 0 Å². The molecular formula is C16H17NO. The van der Waals surface area contributed by atoms with Gasteiger partial charge in [-0.2, -0.15) is 0 Å². The number of rotatable bonds is 1. The summed E-state index contributed by atoms with van der Waals surface area (Å²) in [7, 11) is 0. The lowest BCUT2D eigenvalue weighted by Crippen LogP contribution is -2.20. The van der Waals surface area contributed by atoms with Crippen LogP contribution in [-0.4, -0.2) is 4.98 Å². The molecule has 1 atom stereocenters. The standard InChI is InChI=1S/C16H17NO/c1-11-7-8-13-10-14(12-5-3-2-4-6-12)16(18)17-15(13)9-11/h2-6,10-11H,7-9H2,1H3,(H,17,18). The predicted octanol–water partition coefficient (Wildman–Crippen LogP) is 3.17. The first-order valence-electron chi connectivity index (χ1n) is 6.54. The summed E-state index contributed by atoms with van der Waals surface area (Å²) < 4.78 is 0. The number of H-pyrrole nitrogens is 1. The van der Waals surface area contributed by atoms with Gasteiger partial charge in [-0.25, -0.2) is 0 Å². The van der Waals surface area contributed by atoms with Crippen molar-refractivity contribution in [1.29, 1.82) is 0 Å². The molecule has 1 aliphatic rings. The van der Waals surface area contributed by atoms with Gasteiger partial charge >= 0.3 is 0 Å². The lowest BCUT2D eigenvalue weighted by atomic mass is 9.87. The first-order valence-corrected chi connectivity index (χ1v) is 6.54. The van der Waals surface area contributed by atoms with Crippen molar-refractivity contribution in [1.82, 2.24) is 4.98 Å². The third-order valence-electron chi connectivity index (χ3n) is 3.76. The molecular weight excluding hydrogens is 222 g/mol. The van der Waals surface area contributed by atoms with Gasteiger partial charge in [-0.1, -0.05) is 37.3 Å². The number of aromatic nitrogens is 1. The maximum atomic E-state index is 12.1. The van der Waals surface area contributed by atoms with Crippen molar-refractivity contribution in [3.8, 4) is 11.1 Å². The first-order chi connectivity index (χ1) is 8.74. The van der Waals surface area contributed by atoms with Crippen LogP contribution in [0.25, 0.3) is 11.1 Å². The Morgan fingerprint density at radius 3 is 2.78 bits per heavy atom. The molecule has 0 bridgehead atoms. The van der Waals surface area contributed by atoms with Crippen LogP contribution in [0.15, 0.2) is 41.2 Å². The second-order valence-electron chi connectivity index (χ2n) is 5.23. The maximum Gasteiger partial charge on any atom is 0.256 e. The van der Waals surface area contributed by atoms with Gasteiger partial charge in [0.05, 0.1) is 0 Å². The lowest BCUT2D eigenvalue weighted by molar-refractivity contribution is 0.491. The van der Waals surface area contributed by atoms with E-state index in [-0.39, 0.29) is 5.56 Å². The highest BCUT2D eigenvalue weighted by Gasteiger charge is 2.17. The third-order valence-corrected chi connectivity index (χ3v) is 3.76. The summed E-state index contributed by atoms with van der Waals surface area (Å²) in [6.07, 6.45) is 3.29. The van der Waals surface area contributed by atoms with Crippen molar-refractivity contribution in [2.75, 3.05) is 0 Å². The summed E-state index contributed by atoms with van der Waals surface area (Å²) >= 11 is 0. The van der Waals surface area contributed by atoms with Crippen molar-refractivity contribution in [3.63, 3.8) is 0 Å². The van der Waals surface area contributed by atoms with Crippen molar-refractivity contribution in [2.45, 2.75) is 26.2 Å². The first kappa shape index (κ1) is 11.3. The van der Waals surface area contributed by atoms with E-state index in [2.05, 4.69) is 18.0 Å². The van der Waals surface area contributed by atoms with E-state index in [0.717, 1.165) is 29.7 Å². The van der Waals surface area contributed by atoms with Gasteiger partial charge < -0.3 is 4.98 Å². The molecule has 1 unspecified atom stereocenters. The lowest BCUT2D eigenvalue weighted by Gasteiger charge is -2.21. The van der Waals surface area contributed by atoms with Gasteiger partial charge in [0.1, 0.15) is 0 Å². The molecule has 0 spiro atoms. The zero-order valence-electron chi connectivity index (χ0n) is 10.6. The van der Waals surface area contributed by atoms with E-state index in [9.17, 15) is 4.79 Å². The summed E-state index contributed by atoms with van der Waals surface area (Å²) in [5.41, 5.74) is 4.28. The van der Waals surface area contributed by atoms with E-state index < -0.39 is 0 Å². The van der Waals surface area contributed by atoms with Crippen molar-refractivity contribution >= 4 is 0 Å². The number of aromatic amines is 1. The average molecular weight is 239 g/mol. The quantitative estimate of drug-likeness (QED) is 0.814. The molecule has 92 valence electrons. The zero-order chi connectivity index (χ0) is 12.5. The number of aryl methyl sites for hydroxylation is 1. The second-order valence-corrected chi connectivity index (χ2v) is 5.23. The molecule has 2 nitrogen and oxygen atoms in total. The molecule has 2 heteroatoms. The molecule has 1 N–H and O–H groups in total. The number of fused-ring (bicyclic) bond motifs is 1. The largest absolute Gasteiger partial charge is 0.325 e. The predicted molar refractivity (Wildman–Crippen MR) is 73.7 cm³/mol. The number of benzene rings is 1. The summed E-state index contributed by atoms with van der Waals surface area (Å²) in [5.74, 6) is 0.677. The molecule has 18 heavy (non-hydrogen) atoms. The van der Waals surface area contributed by atoms with Crippen LogP contribution in [0.5, 0.6) is 0 Å². The normalized spacial score (nSPS) is 18.4. The maximum absolute atomic E-state index is 12.1. The minimum absolute atomic E-state index is 0.0362. The van der Waals surface area contributed by atoms with Gasteiger partial charge in [0, 0.05) is 11.3 Å². The van der Waals surface area contributed by atoms with E-state index in [1.807, 2.05) is 30.3 Å².